The fourth-order valence-electron chi connectivity index (χ4n) is 3.67. The predicted octanol–water partition coefficient (Wildman–Crippen LogP) is 5.01. The molecule has 0 aliphatic heterocycles. The van der Waals surface area contributed by atoms with Crippen LogP contribution in [0.3, 0.4) is 0 Å². The van der Waals surface area contributed by atoms with E-state index in [4.69, 9.17) is 0 Å². The van der Waals surface area contributed by atoms with Gasteiger partial charge in [0.1, 0.15) is 0 Å². The van der Waals surface area contributed by atoms with Gasteiger partial charge in [0.25, 0.3) is 0 Å². The first-order valence-electron chi connectivity index (χ1n) is 8.01. The SMILES string of the molecule is CCC1CCCCC1C(C)(C)CCNC(C)(C)C. The molecule has 0 aromatic carbocycles. The monoisotopic (exact) mass is 253 g/mol. The quantitative estimate of drug-likeness (QED) is 0.726. The zero-order chi connectivity index (χ0) is 13.8. The Morgan fingerprint density at radius 2 is 1.61 bits per heavy atom. The Bertz CT molecular complexity index is 236. The van der Waals surface area contributed by atoms with Crippen LogP contribution in [0.2, 0.25) is 0 Å². The molecule has 1 aliphatic carbocycles. The lowest BCUT2D eigenvalue weighted by molar-refractivity contribution is 0.0800. The molecule has 0 aromatic rings. The molecule has 1 saturated carbocycles. The molecule has 108 valence electrons. The lowest BCUT2D eigenvalue weighted by Crippen LogP contribution is -2.40. The maximum Gasteiger partial charge on any atom is 0.00965 e. The molecule has 1 aliphatic rings. The molecule has 1 fully saturated rings. The summed E-state index contributed by atoms with van der Waals surface area (Å²) in [6.45, 7) is 15.3. The van der Waals surface area contributed by atoms with Gasteiger partial charge in [0, 0.05) is 5.54 Å². The van der Waals surface area contributed by atoms with Gasteiger partial charge in [-0.2, -0.15) is 0 Å². The molecular weight excluding hydrogens is 218 g/mol. The highest BCUT2D eigenvalue weighted by Gasteiger charge is 2.35. The van der Waals surface area contributed by atoms with Crippen molar-refractivity contribution >= 4 is 0 Å². The summed E-state index contributed by atoms with van der Waals surface area (Å²) < 4.78 is 0. The van der Waals surface area contributed by atoms with Crippen LogP contribution in [0.5, 0.6) is 0 Å². The molecule has 1 heteroatoms. The molecule has 0 aromatic heterocycles. The zero-order valence-corrected chi connectivity index (χ0v) is 13.6. The van der Waals surface area contributed by atoms with Crippen molar-refractivity contribution < 1.29 is 0 Å². The zero-order valence-electron chi connectivity index (χ0n) is 13.6. The van der Waals surface area contributed by atoms with Gasteiger partial charge in [-0.15, -0.1) is 0 Å². The van der Waals surface area contributed by atoms with Crippen molar-refractivity contribution in [1.82, 2.24) is 5.32 Å². The summed E-state index contributed by atoms with van der Waals surface area (Å²) in [5.74, 6) is 1.92. The fourth-order valence-corrected chi connectivity index (χ4v) is 3.67. The van der Waals surface area contributed by atoms with E-state index in [0.29, 0.717) is 5.41 Å². The van der Waals surface area contributed by atoms with Gasteiger partial charge < -0.3 is 5.32 Å². The van der Waals surface area contributed by atoms with Crippen LogP contribution < -0.4 is 5.32 Å². The van der Waals surface area contributed by atoms with Crippen molar-refractivity contribution in [3.63, 3.8) is 0 Å². The summed E-state index contributed by atoms with van der Waals surface area (Å²) in [7, 11) is 0. The minimum Gasteiger partial charge on any atom is -0.312 e. The Labute approximate surface area is 115 Å². The number of nitrogens with one attached hydrogen (secondary N) is 1. The van der Waals surface area contributed by atoms with Gasteiger partial charge in [0.15, 0.2) is 0 Å². The van der Waals surface area contributed by atoms with Crippen LogP contribution in [0.15, 0.2) is 0 Å². The summed E-state index contributed by atoms with van der Waals surface area (Å²) in [4.78, 5) is 0. The molecule has 1 rings (SSSR count). The minimum atomic E-state index is 0.257. The number of hydrogen-bond acceptors (Lipinski definition) is 1. The molecule has 18 heavy (non-hydrogen) atoms. The average Bonchev–Trinajstić information content (AvgIpc) is 2.27. The Morgan fingerprint density at radius 1 is 1.00 bits per heavy atom. The van der Waals surface area contributed by atoms with Gasteiger partial charge in [0.2, 0.25) is 0 Å². The van der Waals surface area contributed by atoms with E-state index in [2.05, 4.69) is 46.9 Å². The summed E-state index contributed by atoms with van der Waals surface area (Å²) in [5.41, 5.74) is 0.756. The topological polar surface area (TPSA) is 12.0 Å². The number of hydrogen-bond donors (Lipinski definition) is 1. The fraction of sp³-hybridized carbons (Fsp3) is 1.00. The van der Waals surface area contributed by atoms with Gasteiger partial charge in [-0.3, -0.25) is 0 Å². The molecule has 0 radical (unpaired) electrons. The maximum absolute atomic E-state index is 3.65. The predicted molar refractivity (Wildman–Crippen MR) is 81.9 cm³/mol. The third-order valence-corrected chi connectivity index (χ3v) is 4.86. The smallest absolute Gasteiger partial charge is 0.00965 e. The Morgan fingerprint density at radius 3 is 2.17 bits per heavy atom. The summed E-state index contributed by atoms with van der Waals surface area (Å²) >= 11 is 0. The van der Waals surface area contributed by atoms with Crippen molar-refractivity contribution in [2.24, 2.45) is 17.3 Å². The Balaban J connectivity index is 2.50. The maximum atomic E-state index is 3.65. The largest absolute Gasteiger partial charge is 0.312 e. The van der Waals surface area contributed by atoms with Crippen LogP contribution in [0, 0.1) is 17.3 Å². The first-order valence-corrected chi connectivity index (χ1v) is 8.01. The highest BCUT2D eigenvalue weighted by molar-refractivity contribution is 4.87. The Hall–Kier alpha value is -0.0400. The summed E-state index contributed by atoms with van der Waals surface area (Å²) in [6, 6.07) is 0. The van der Waals surface area contributed by atoms with E-state index in [1.54, 1.807) is 0 Å². The molecule has 0 amide bonds. The van der Waals surface area contributed by atoms with Gasteiger partial charge in [-0.05, 0) is 57.4 Å². The molecule has 2 atom stereocenters. The minimum absolute atomic E-state index is 0.257. The molecule has 2 unspecified atom stereocenters. The van der Waals surface area contributed by atoms with Crippen LogP contribution in [-0.2, 0) is 0 Å². The third kappa shape index (κ3) is 4.91. The van der Waals surface area contributed by atoms with E-state index in [0.717, 1.165) is 18.4 Å². The van der Waals surface area contributed by atoms with Gasteiger partial charge in [-0.25, -0.2) is 0 Å². The summed E-state index contributed by atoms with van der Waals surface area (Å²) in [6.07, 6.45) is 8.53. The second-order valence-electron chi connectivity index (χ2n) is 7.97. The molecule has 0 bridgehead atoms. The van der Waals surface area contributed by atoms with Crippen LogP contribution in [0.4, 0.5) is 0 Å². The van der Waals surface area contributed by atoms with Crippen LogP contribution in [0.25, 0.3) is 0 Å². The highest BCUT2D eigenvalue weighted by atomic mass is 14.9. The summed E-state index contributed by atoms with van der Waals surface area (Å²) in [5, 5.41) is 3.65. The second-order valence-corrected chi connectivity index (χ2v) is 7.97. The molecule has 1 nitrogen and oxygen atoms in total. The average molecular weight is 253 g/mol. The van der Waals surface area contributed by atoms with Crippen LogP contribution >= 0.6 is 0 Å². The van der Waals surface area contributed by atoms with Crippen molar-refractivity contribution in [3.8, 4) is 0 Å². The van der Waals surface area contributed by atoms with Gasteiger partial charge >= 0.3 is 0 Å². The van der Waals surface area contributed by atoms with Gasteiger partial charge in [0.05, 0.1) is 0 Å². The second kappa shape index (κ2) is 6.41. The first kappa shape index (κ1) is 16.0. The molecule has 0 heterocycles. The lowest BCUT2D eigenvalue weighted by Gasteiger charge is -2.43. The molecule has 0 spiro atoms. The lowest BCUT2D eigenvalue weighted by atomic mass is 9.63. The van der Waals surface area contributed by atoms with Crippen molar-refractivity contribution in [2.45, 2.75) is 85.6 Å². The molecular formula is C17H35N. The Kier molecular flexibility index (Phi) is 5.70. The van der Waals surface area contributed by atoms with Crippen molar-refractivity contribution in [2.75, 3.05) is 6.54 Å². The van der Waals surface area contributed by atoms with E-state index in [-0.39, 0.29) is 5.54 Å². The standard InChI is InChI=1S/C17H35N/c1-7-14-10-8-9-11-15(14)17(5,6)12-13-18-16(2,3)4/h14-15,18H,7-13H2,1-6H3. The van der Waals surface area contributed by atoms with Crippen molar-refractivity contribution in [3.05, 3.63) is 0 Å². The van der Waals surface area contributed by atoms with E-state index in [1.165, 1.54) is 38.5 Å². The number of rotatable bonds is 5. The van der Waals surface area contributed by atoms with Crippen molar-refractivity contribution in [1.29, 1.82) is 0 Å². The first-order chi connectivity index (χ1) is 8.26. The van der Waals surface area contributed by atoms with E-state index >= 15 is 0 Å². The highest BCUT2D eigenvalue weighted by Crippen LogP contribution is 2.45. The molecule has 0 saturated heterocycles. The normalized spacial score (nSPS) is 26.3. The third-order valence-electron chi connectivity index (χ3n) is 4.86. The van der Waals surface area contributed by atoms with Crippen LogP contribution in [-0.4, -0.2) is 12.1 Å². The van der Waals surface area contributed by atoms with E-state index in [9.17, 15) is 0 Å². The van der Waals surface area contributed by atoms with E-state index < -0.39 is 0 Å². The van der Waals surface area contributed by atoms with E-state index in [1.807, 2.05) is 0 Å². The van der Waals surface area contributed by atoms with Crippen LogP contribution in [0.1, 0.15) is 80.1 Å². The molecule has 1 N–H and O–H groups in total. The van der Waals surface area contributed by atoms with Gasteiger partial charge in [-0.1, -0.05) is 46.5 Å².